The number of hydrogen-bond acceptors (Lipinski definition) is 4. The van der Waals surface area contributed by atoms with Crippen molar-refractivity contribution in [1.29, 1.82) is 0 Å². The van der Waals surface area contributed by atoms with E-state index in [0.29, 0.717) is 6.61 Å². The maximum atomic E-state index is 9.88. The zero-order valence-electron chi connectivity index (χ0n) is 12.2. The van der Waals surface area contributed by atoms with Gasteiger partial charge in [0.2, 0.25) is 0 Å². The van der Waals surface area contributed by atoms with E-state index in [9.17, 15) is 10.2 Å². The van der Waals surface area contributed by atoms with Crippen LogP contribution in [0.4, 0.5) is 0 Å². The average Bonchev–Trinajstić information content (AvgIpc) is 2.64. The number of morpholine rings is 1. The summed E-state index contributed by atoms with van der Waals surface area (Å²) in [6.45, 7) is 5.11. The fraction of sp³-hybridized carbons (Fsp3) is 1.00. The van der Waals surface area contributed by atoms with E-state index in [-0.39, 0.29) is 24.2 Å². The molecule has 2 aliphatic rings. The summed E-state index contributed by atoms with van der Waals surface area (Å²) in [5, 5.41) is 19.2. The minimum atomic E-state index is -0.0646. The number of hydrogen-bond donors (Lipinski definition) is 2. The highest BCUT2D eigenvalue weighted by Gasteiger charge is 2.35. The van der Waals surface area contributed by atoms with Crippen LogP contribution >= 0.6 is 0 Å². The molecule has 112 valence electrons. The first-order chi connectivity index (χ1) is 9.17. The Bertz CT molecular complexity index is 264. The Hall–Kier alpha value is -0.160. The summed E-state index contributed by atoms with van der Waals surface area (Å²) in [6, 6.07) is 0. The number of ether oxygens (including phenoxy) is 1. The smallest absolute Gasteiger partial charge is 0.0936 e. The largest absolute Gasteiger partial charge is 0.396 e. The third-order valence-corrected chi connectivity index (χ3v) is 4.66. The summed E-state index contributed by atoms with van der Waals surface area (Å²) in [5.41, 5.74) is 0.0770. The molecule has 1 saturated heterocycles. The van der Waals surface area contributed by atoms with Crippen molar-refractivity contribution in [3.63, 3.8) is 0 Å². The van der Waals surface area contributed by atoms with Crippen LogP contribution in [-0.4, -0.2) is 60.2 Å². The molecular formula is C15H29NO3. The second-order valence-corrected chi connectivity index (χ2v) is 6.52. The van der Waals surface area contributed by atoms with Crippen molar-refractivity contribution in [2.75, 3.05) is 32.8 Å². The SMILES string of the molecule is CC1CN(CC2(CO)CCCCCC2)CC(CO)O1. The van der Waals surface area contributed by atoms with Crippen molar-refractivity contribution in [3.05, 3.63) is 0 Å². The first kappa shape index (κ1) is 15.2. The van der Waals surface area contributed by atoms with Gasteiger partial charge in [0.25, 0.3) is 0 Å². The Morgan fingerprint density at radius 2 is 1.79 bits per heavy atom. The van der Waals surface area contributed by atoms with E-state index >= 15 is 0 Å². The molecule has 2 N–H and O–H groups in total. The zero-order valence-corrected chi connectivity index (χ0v) is 12.2. The molecular weight excluding hydrogens is 242 g/mol. The van der Waals surface area contributed by atoms with E-state index in [4.69, 9.17) is 4.74 Å². The topological polar surface area (TPSA) is 52.9 Å². The normalized spacial score (nSPS) is 33.0. The summed E-state index contributed by atoms with van der Waals surface area (Å²) >= 11 is 0. The van der Waals surface area contributed by atoms with E-state index in [1.807, 2.05) is 0 Å². The Labute approximate surface area is 116 Å². The summed E-state index contributed by atoms with van der Waals surface area (Å²) in [6.07, 6.45) is 7.48. The van der Waals surface area contributed by atoms with Crippen LogP contribution in [0.15, 0.2) is 0 Å². The first-order valence-corrected chi connectivity index (χ1v) is 7.77. The predicted octanol–water partition coefficient (Wildman–Crippen LogP) is 1.40. The standard InChI is InChI=1S/C15H29NO3/c1-13-8-16(9-14(10-17)19-13)11-15(12-18)6-4-2-3-5-7-15/h13-14,17-18H,2-12H2,1H3. The molecule has 4 heteroatoms. The van der Waals surface area contributed by atoms with Gasteiger partial charge >= 0.3 is 0 Å². The van der Waals surface area contributed by atoms with Gasteiger partial charge in [-0.25, -0.2) is 0 Å². The molecule has 2 fully saturated rings. The van der Waals surface area contributed by atoms with E-state index in [2.05, 4.69) is 11.8 Å². The number of nitrogens with zero attached hydrogens (tertiary/aromatic N) is 1. The molecule has 0 amide bonds. The van der Waals surface area contributed by atoms with Crippen molar-refractivity contribution in [1.82, 2.24) is 4.90 Å². The Kier molecular flexibility index (Phi) is 5.63. The van der Waals surface area contributed by atoms with Crippen LogP contribution < -0.4 is 0 Å². The van der Waals surface area contributed by atoms with E-state index < -0.39 is 0 Å². The van der Waals surface area contributed by atoms with Crippen LogP contribution in [0, 0.1) is 5.41 Å². The van der Waals surface area contributed by atoms with Crippen molar-refractivity contribution in [2.45, 2.75) is 57.7 Å². The highest BCUT2D eigenvalue weighted by atomic mass is 16.5. The van der Waals surface area contributed by atoms with Gasteiger partial charge in [0.15, 0.2) is 0 Å². The molecule has 1 saturated carbocycles. The summed E-state index contributed by atoms with van der Waals surface area (Å²) in [5.74, 6) is 0. The van der Waals surface area contributed by atoms with Gasteiger partial charge in [0.05, 0.1) is 18.8 Å². The monoisotopic (exact) mass is 271 g/mol. The predicted molar refractivity (Wildman–Crippen MR) is 75.1 cm³/mol. The molecule has 0 bridgehead atoms. The van der Waals surface area contributed by atoms with Gasteiger partial charge in [0, 0.05) is 31.7 Å². The van der Waals surface area contributed by atoms with Gasteiger partial charge in [-0.1, -0.05) is 25.7 Å². The minimum absolute atomic E-state index is 0.0646. The van der Waals surface area contributed by atoms with Crippen LogP contribution in [0.2, 0.25) is 0 Å². The maximum absolute atomic E-state index is 9.88. The summed E-state index contributed by atoms with van der Waals surface area (Å²) in [7, 11) is 0. The van der Waals surface area contributed by atoms with E-state index in [1.54, 1.807) is 0 Å². The van der Waals surface area contributed by atoms with Crippen LogP contribution in [0.25, 0.3) is 0 Å². The maximum Gasteiger partial charge on any atom is 0.0936 e. The lowest BCUT2D eigenvalue weighted by molar-refractivity contribution is -0.106. The molecule has 2 atom stereocenters. The zero-order chi connectivity index (χ0) is 13.7. The van der Waals surface area contributed by atoms with Crippen LogP contribution in [-0.2, 0) is 4.74 Å². The second-order valence-electron chi connectivity index (χ2n) is 6.52. The van der Waals surface area contributed by atoms with Gasteiger partial charge in [0.1, 0.15) is 0 Å². The average molecular weight is 271 g/mol. The van der Waals surface area contributed by atoms with Gasteiger partial charge in [-0.15, -0.1) is 0 Å². The fourth-order valence-electron chi connectivity index (χ4n) is 3.69. The lowest BCUT2D eigenvalue weighted by Crippen LogP contribution is -2.52. The van der Waals surface area contributed by atoms with E-state index in [0.717, 1.165) is 32.5 Å². The molecule has 0 aromatic carbocycles. The van der Waals surface area contributed by atoms with Crippen molar-refractivity contribution < 1.29 is 14.9 Å². The van der Waals surface area contributed by atoms with Crippen LogP contribution in [0.3, 0.4) is 0 Å². The Morgan fingerprint density at radius 3 is 2.37 bits per heavy atom. The second kappa shape index (κ2) is 7.02. The number of rotatable bonds is 4. The molecule has 2 rings (SSSR count). The molecule has 0 aromatic heterocycles. The molecule has 0 radical (unpaired) electrons. The number of aliphatic hydroxyl groups is 2. The van der Waals surface area contributed by atoms with Crippen LogP contribution in [0.5, 0.6) is 0 Å². The third kappa shape index (κ3) is 4.15. The third-order valence-electron chi connectivity index (χ3n) is 4.66. The van der Waals surface area contributed by atoms with Crippen molar-refractivity contribution >= 4 is 0 Å². The Balaban J connectivity index is 1.96. The first-order valence-electron chi connectivity index (χ1n) is 7.77. The molecule has 0 aromatic rings. The molecule has 19 heavy (non-hydrogen) atoms. The van der Waals surface area contributed by atoms with Crippen molar-refractivity contribution in [2.24, 2.45) is 5.41 Å². The summed E-state index contributed by atoms with van der Waals surface area (Å²) < 4.78 is 5.69. The molecule has 1 aliphatic heterocycles. The van der Waals surface area contributed by atoms with Gasteiger partial charge in [-0.05, 0) is 19.8 Å². The quantitative estimate of drug-likeness (QED) is 0.759. The van der Waals surface area contributed by atoms with Gasteiger partial charge < -0.3 is 14.9 Å². The molecule has 0 spiro atoms. The lowest BCUT2D eigenvalue weighted by Gasteiger charge is -2.42. The van der Waals surface area contributed by atoms with E-state index in [1.165, 1.54) is 25.7 Å². The molecule has 2 unspecified atom stereocenters. The highest BCUT2D eigenvalue weighted by molar-refractivity contribution is 4.87. The van der Waals surface area contributed by atoms with Crippen LogP contribution in [0.1, 0.15) is 45.4 Å². The minimum Gasteiger partial charge on any atom is -0.396 e. The van der Waals surface area contributed by atoms with Crippen molar-refractivity contribution in [3.8, 4) is 0 Å². The highest BCUT2D eigenvalue weighted by Crippen LogP contribution is 2.36. The fourth-order valence-corrected chi connectivity index (χ4v) is 3.69. The lowest BCUT2D eigenvalue weighted by atomic mass is 9.80. The number of aliphatic hydroxyl groups excluding tert-OH is 2. The van der Waals surface area contributed by atoms with Gasteiger partial charge in [-0.3, -0.25) is 4.90 Å². The Morgan fingerprint density at radius 1 is 1.11 bits per heavy atom. The molecule has 1 aliphatic carbocycles. The molecule has 1 heterocycles. The van der Waals surface area contributed by atoms with Gasteiger partial charge in [-0.2, -0.15) is 0 Å². The molecule has 4 nitrogen and oxygen atoms in total. The summed E-state index contributed by atoms with van der Waals surface area (Å²) in [4.78, 5) is 2.39.